The fraction of sp³-hybridized carbons (Fsp3) is 0.364. The van der Waals surface area contributed by atoms with Gasteiger partial charge in [0, 0.05) is 18.5 Å². The Labute approximate surface area is 247 Å². The molecule has 9 nitrogen and oxygen atoms in total. The molecule has 3 amide bonds. The lowest BCUT2D eigenvalue weighted by molar-refractivity contribution is -0.148. The predicted octanol–water partition coefficient (Wildman–Crippen LogP) is 5.22. The maximum absolute atomic E-state index is 14.5. The Morgan fingerprint density at radius 2 is 1.45 bits per heavy atom. The van der Waals surface area contributed by atoms with Crippen LogP contribution in [0.4, 0.5) is 4.79 Å². The minimum absolute atomic E-state index is 0.0535. The first-order valence-corrected chi connectivity index (χ1v) is 13.9. The summed E-state index contributed by atoms with van der Waals surface area (Å²) in [6, 6.07) is 19.7. The molecule has 224 valence electrons. The molecule has 4 N–H and O–H groups in total. The van der Waals surface area contributed by atoms with E-state index in [1.54, 1.807) is 65.8 Å². The van der Waals surface area contributed by atoms with E-state index in [1.807, 2.05) is 30.3 Å². The van der Waals surface area contributed by atoms with Gasteiger partial charge in [-0.05, 0) is 82.5 Å². The summed E-state index contributed by atoms with van der Waals surface area (Å²) in [7, 11) is 0. The number of phenolic OH excluding ortho intramolecular Hbond substituents is 2. The fourth-order valence-electron chi connectivity index (χ4n) is 4.52. The summed E-state index contributed by atoms with van der Waals surface area (Å²) in [5.41, 5.74) is 0.260. The van der Waals surface area contributed by atoms with E-state index in [0.29, 0.717) is 11.1 Å². The highest BCUT2D eigenvalue weighted by Crippen LogP contribution is 2.32. The molecule has 42 heavy (non-hydrogen) atoms. The zero-order valence-electron chi connectivity index (χ0n) is 25.0. The van der Waals surface area contributed by atoms with Gasteiger partial charge in [0.2, 0.25) is 11.8 Å². The van der Waals surface area contributed by atoms with Gasteiger partial charge in [-0.2, -0.15) is 0 Å². The van der Waals surface area contributed by atoms with Gasteiger partial charge in [0.25, 0.3) is 0 Å². The van der Waals surface area contributed by atoms with Crippen molar-refractivity contribution in [1.29, 1.82) is 0 Å². The third-order valence-electron chi connectivity index (χ3n) is 6.33. The third-order valence-corrected chi connectivity index (χ3v) is 6.33. The SMILES string of the molecule is CC(C)(C)OC(=O)NC(Cc1ccc(O)cc1)C(=O)N(C(C(=O)NCc1ccccc1)c1cccc(O)c1)C(C)(C)C. The Balaban J connectivity index is 2.05. The van der Waals surface area contributed by atoms with E-state index in [0.717, 1.165) is 5.56 Å². The van der Waals surface area contributed by atoms with Crippen LogP contribution in [0.1, 0.15) is 64.3 Å². The van der Waals surface area contributed by atoms with Gasteiger partial charge in [-0.3, -0.25) is 9.59 Å². The number of nitrogens with zero attached hydrogens (tertiary/aromatic N) is 1. The number of carbonyl (C=O) groups is 3. The number of rotatable bonds is 9. The van der Waals surface area contributed by atoms with Crippen molar-refractivity contribution in [3.05, 3.63) is 95.6 Å². The van der Waals surface area contributed by atoms with E-state index in [4.69, 9.17) is 4.74 Å². The van der Waals surface area contributed by atoms with Gasteiger partial charge in [-0.25, -0.2) is 4.79 Å². The fourth-order valence-corrected chi connectivity index (χ4v) is 4.52. The van der Waals surface area contributed by atoms with Crippen LogP contribution in [0.15, 0.2) is 78.9 Å². The number of phenols is 2. The normalized spacial score (nSPS) is 13.0. The van der Waals surface area contributed by atoms with Gasteiger partial charge in [0.15, 0.2) is 0 Å². The maximum Gasteiger partial charge on any atom is 0.408 e. The molecule has 0 spiro atoms. The summed E-state index contributed by atoms with van der Waals surface area (Å²) in [5, 5.41) is 25.7. The van der Waals surface area contributed by atoms with Crippen LogP contribution in [0.5, 0.6) is 11.5 Å². The van der Waals surface area contributed by atoms with Crippen molar-refractivity contribution in [3.8, 4) is 11.5 Å². The Bertz CT molecular complexity index is 1360. The topological polar surface area (TPSA) is 128 Å². The molecule has 0 saturated heterocycles. The number of carbonyl (C=O) groups excluding carboxylic acids is 3. The van der Waals surface area contributed by atoms with Gasteiger partial charge in [-0.1, -0.05) is 54.6 Å². The van der Waals surface area contributed by atoms with Crippen LogP contribution < -0.4 is 10.6 Å². The lowest BCUT2D eigenvalue weighted by atomic mass is 9.94. The van der Waals surface area contributed by atoms with Crippen LogP contribution in [0.3, 0.4) is 0 Å². The molecule has 0 aliphatic heterocycles. The average molecular weight is 576 g/mol. The van der Waals surface area contributed by atoms with E-state index in [9.17, 15) is 24.6 Å². The standard InChI is InChI=1S/C33H41N3O6/c1-32(2,3)36(28(24-13-10-14-26(38)20-24)29(39)34-21-23-11-8-7-9-12-23)30(40)27(35-31(41)42-33(4,5)6)19-22-15-17-25(37)18-16-22/h7-18,20,27-28,37-38H,19,21H2,1-6H3,(H,34,39)(H,35,41). The number of benzene rings is 3. The summed E-state index contributed by atoms with van der Waals surface area (Å²) < 4.78 is 5.46. The zero-order valence-corrected chi connectivity index (χ0v) is 25.0. The molecule has 0 fully saturated rings. The number of aromatic hydroxyl groups is 2. The van der Waals surface area contributed by atoms with Crippen molar-refractivity contribution in [2.45, 2.75) is 77.7 Å². The largest absolute Gasteiger partial charge is 0.508 e. The van der Waals surface area contributed by atoms with Crippen LogP contribution >= 0.6 is 0 Å². The monoisotopic (exact) mass is 575 g/mol. The molecule has 0 aliphatic carbocycles. The Hall–Kier alpha value is -4.53. The molecular formula is C33H41N3O6. The highest BCUT2D eigenvalue weighted by atomic mass is 16.6. The van der Waals surface area contributed by atoms with Gasteiger partial charge < -0.3 is 30.5 Å². The van der Waals surface area contributed by atoms with E-state index < -0.39 is 41.1 Å². The third kappa shape index (κ3) is 9.26. The summed E-state index contributed by atoms with van der Waals surface area (Å²) >= 11 is 0. The molecule has 3 aromatic rings. The number of ether oxygens (including phenoxy) is 1. The molecule has 2 atom stereocenters. The van der Waals surface area contributed by atoms with Crippen LogP contribution in [-0.4, -0.2) is 50.2 Å². The van der Waals surface area contributed by atoms with Gasteiger partial charge >= 0.3 is 6.09 Å². The smallest absolute Gasteiger partial charge is 0.408 e. The van der Waals surface area contributed by atoms with Crippen LogP contribution in [0.25, 0.3) is 0 Å². The predicted molar refractivity (Wildman–Crippen MR) is 161 cm³/mol. The number of hydrogen-bond donors (Lipinski definition) is 4. The summed E-state index contributed by atoms with van der Waals surface area (Å²) in [4.78, 5) is 42.8. The molecule has 2 unspecified atom stereocenters. The van der Waals surface area contributed by atoms with Crippen molar-refractivity contribution in [1.82, 2.24) is 15.5 Å². The number of nitrogens with one attached hydrogen (secondary N) is 2. The van der Waals surface area contributed by atoms with Gasteiger partial charge in [-0.15, -0.1) is 0 Å². The Morgan fingerprint density at radius 3 is 2.02 bits per heavy atom. The molecular weight excluding hydrogens is 534 g/mol. The van der Waals surface area contributed by atoms with E-state index in [1.165, 1.54) is 29.2 Å². The van der Waals surface area contributed by atoms with Crippen molar-refractivity contribution in [2.75, 3.05) is 0 Å². The lowest BCUT2D eigenvalue weighted by Crippen LogP contribution is -2.59. The minimum Gasteiger partial charge on any atom is -0.508 e. The van der Waals surface area contributed by atoms with Crippen LogP contribution in [0, 0.1) is 0 Å². The molecule has 0 aromatic heterocycles. The first-order chi connectivity index (χ1) is 19.6. The highest BCUT2D eigenvalue weighted by Gasteiger charge is 2.42. The number of amides is 3. The zero-order chi connectivity index (χ0) is 31.1. The van der Waals surface area contributed by atoms with E-state index in [-0.39, 0.29) is 24.5 Å². The number of alkyl carbamates (subject to hydrolysis) is 1. The molecule has 0 heterocycles. The van der Waals surface area contributed by atoms with E-state index in [2.05, 4.69) is 10.6 Å². The first kappa shape index (κ1) is 32.0. The second-order valence-corrected chi connectivity index (χ2v) is 12.1. The lowest BCUT2D eigenvalue weighted by Gasteiger charge is -2.43. The second-order valence-electron chi connectivity index (χ2n) is 12.1. The molecule has 0 bridgehead atoms. The van der Waals surface area contributed by atoms with Crippen molar-refractivity contribution in [2.24, 2.45) is 0 Å². The van der Waals surface area contributed by atoms with E-state index >= 15 is 0 Å². The van der Waals surface area contributed by atoms with Gasteiger partial charge in [0.1, 0.15) is 29.2 Å². The van der Waals surface area contributed by atoms with Crippen molar-refractivity contribution < 1.29 is 29.3 Å². The average Bonchev–Trinajstić information content (AvgIpc) is 2.89. The first-order valence-electron chi connectivity index (χ1n) is 13.9. The maximum atomic E-state index is 14.5. The second kappa shape index (κ2) is 13.4. The quantitative estimate of drug-likeness (QED) is 0.277. The molecule has 3 aromatic carbocycles. The Morgan fingerprint density at radius 1 is 0.810 bits per heavy atom. The summed E-state index contributed by atoms with van der Waals surface area (Å²) in [5.74, 6) is -0.961. The Kier molecular flexibility index (Phi) is 10.2. The highest BCUT2D eigenvalue weighted by molar-refractivity contribution is 5.93. The minimum atomic E-state index is -1.14. The molecule has 0 aliphatic rings. The molecule has 0 radical (unpaired) electrons. The summed E-state index contributed by atoms with van der Waals surface area (Å²) in [6.45, 7) is 10.8. The molecule has 9 heteroatoms. The molecule has 3 rings (SSSR count). The van der Waals surface area contributed by atoms with Crippen LogP contribution in [0.2, 0.25) is 0 Å². The summed E-state index contributed by atoms with van der Waals surface area (Å²) in [6.07, 6.45) is -0.709. The van der Waals surface area contributed by atoms with Gasteiger partial charge in [0.05, 0.1) is 0 Å². The molecule has 0 saturated carbocycles. The van der Waals surface area contributed by atoms with Crippen LogP contribution in [-0.2, 0) is 27.3 Å². The van der Waals surface area contributed by atoms with Crippen molar-refractivity contribution >= 4 is 17.9 Å². The number of hydrogen-bond acceptors (Lipinski definition) is 6. The van der Waals surface area contributed by atoms with Crippen molar-refractivity contribution in [3.63, 3.8) is 0 Å².